The topological polar surface area (TPSA) is 38.3 Å². The van der Waals surface area contributed by atoms with Crippen LogP contribution in [0.15, 0.2) is 53.4 Å². The summed E-state index contributed by atoms with van der Waals surface area (Å²) in [6.07, 6.45) is 0.632. The van der Waals surface area contributed by atoms with Gasteiger partial charge in [-0.1, -0.05) is 44.2 Å². The molecule has 0 aliphatic rings. The van der Waals surface area contributed by atoms with Crippen molar-refractivity contribution in [3.8, 4) is 0 Å². The Balaban J connectivity index is 1.90. The number of carbonyl (C=O) groups excluding carboxylic acids is 1. The van der Waals surface area contributed by atoms with E-state index < -0.39 is 6.10 Å². The van der Waals surface area contributed by atoms with E-state index in [1.807, 2.05) is 55.1 Å². The lowest BCUT2D eigenvalue weighted by atomic mass is 10.2. The molecule has 2 atom stereocenters. The summed E-state index contributed by atoms with van der Waals surface area (Å²) in [6.45, 7) is 8.64. The molecule has 2 aromatic rings. The monoisotopic (exact) mass is 357 g/mol. The first-order valence-corrected chi connectivity index (χ1v) is 9.61. The maximum Gasteiger partial charge on any atom is 0.253 e. The SMILES string of the molecule is CCC(C)Sc1ccc(NC(=O)C(C)OCc2ccccc2)c(C)c1. The van der Waals surface area contributed by atoms with Crippen molar-refractivity contribution in [3.63, 3.8) is 0 Å². The number of anilines is 1. The zero-order chi connectivity index (χ0) is 18.2. The maximum atomic E-state index is 12.4. The third-order valence-electron chi connectivity index (χ3n) is 4.08. The number of nitrogens with one attached hydrogen (secondary N) is 1. The van der Waals surface area contributed by atoms with Gasteiger partial charge in [0.2, 0.25) is 0 Å². The molecule has 0 aliphatic carbocycles. The fraction of sp³-hybridized carbons (Fsp3) is 0.381. The molecule has 0 heterocycles. The molecule has 2 aromatic carbocycles. The quantitative estimate of drug-likeness (QED) is 0.640. The first kappa shape index (κ1) is 19.5. The lowest BCUT2D eigenvalue weighted by Crippen LogP contribution is -2.27. The molecule has 1 amide bonds. The second-order valence-corrected chi connectivity index (χ2v) is 7.75. The van der Waals surface area contributed by atoms with E-state index in [1.165, 1.54) is 4.90 Å². The molecule has 2 rings (SSSR count). The average Bonchev–Trinajstić information content (AvgIpc) is 2.62. The lowest BCUT2D eigenvalue weighted by Gasteiger charge is -2.16. The zero-order valence-electron chi connectivity index (χ0n) is 15.4. The molecule has 0 aromatic heterocycles. The van der Waals surface area contributed by atoms with Crippen LogP contribution in [0.4, 0.5) is 5.69 Å². The number of rotatable bonds is 8. The summed E-state index contributed by atoms with van der Waals surface area (Å²) >= 11 is 1.86. The van der Waals surface area contributed by atoms with Crippen molar-refractivity contribution >= 4 is 23.4 Å². The summed E-state index contributed by atoms with van der Waals surface area (Å²) in [5, 5.41) is 3.56. The minimum Gasteiger partial charge on any atom is -0.364 e. The third kappa shape index (κ3) is 6.22. The van der Waals surface area contributed by atoms with Crippen molar-refractivity contribution in [1.82, 2.24) is 0 Å². The summed E-state index contributed by atoms with van der Waals surface area (Å²) in [5.41, 5.74) is 2.97. The molecule has 0 radical (unpaired) electrons. The van der Waals surface area contributed by atoms with Gasteiger partial charge in [-0.05, 0) is 49.6 Å². The first-order valence-electron chi connectivity index (χ1n) is 8.73. The van der Waals surface area contributed by atoms with Gasteiger partial charge in [-0.15, -0.1) is 11.8 Å². The molecule has 3 nitrogen and oxygen atoms in total. The molecule has 2 unspecified atom stereocenters. The van der Waals surface area contributed by atoms with Gasteiger partial charge in [-0.2, -0.15) is 0 Å². The first-order chi connectivity index (χ1) is 12.0. The van der Waals surface area contributed by atoms with E-state index in [9.17, 15) is 4.79 Å². The Bertz CT molecular complexity index is 688. The van der Waals surface area contributed by atoms with Crippen LogP contribution in [0.25, 0.3) is 0 Å². The van der Waals surface area contributed by atoms with E-state index in [4.69, 9.17) is 4.74 Å². The number of aryl methyl sites for hydroxylation is 1. The molecule has 0 saturated carbocycles. The van der Waals surface area contributed by atoms with Crippen LogP contribution in [0.2, 0.25) is 0 Å². The highest BCUT2D eigenvalue weighted by Crippen LogP contribution is 2.28. The highest BCUT2D eigenvalue weighted by molar-refractivity contribution is 7.99. The van der Waals surface area contributed by atoms with Crippen LogP contribution in [0.5, 0.6) is 0 Å². The summed E-state index contributed by atoms with van der Waals surface area (Å²) in [7, 11) is 0. The predicted octanol–water partition coefficient (Wildman–Crippen LogP) is 5.43. The number of hydrogen-bond acceptors (Lipinski definition) is 3. The van der Waals surface area contributed by atoms with E-state index in [2.05, 4.69) is 31.3 Å². The molecule has 0 saturated heterocycles. The normalized spacial score (nSPS) is 13.3. The van der Waals surface area contributed by atoms with Gasteiger partial charge in [0, 0.05) is 15.8 Å². The molecule has 0 aliphatic heterocycles. The van der Waals surface area contributed by atoms with Crippen LogP contribution in [0, 0.1) is 6.92 Å². The molecular formula is C21H27NO2S. The molecule has 1 N–H and O–H groups in total. The van der Waals surface area contributed by atoms with E-state index >= 15 is 0 Å². The largest absolute Gasteiger partial charge is 0.364 e. The van der Waals surface area contributed by atoms with E-state index in [-0.39, 0.29) is 5.91 Å². The van der Waals surface area contributed by atoms with Crippen molar-refractivity contribution in [2.45, 2.75) is 57.0 Å². The fourth-order valence-corrected chi connectivity index (χ4v) is 3.29. The Morgan fingerprint density at radius 2 is 1.88 bits per heavy atom. The standard InChI is InChI=1S/C21H27NO2S/c1-5-16(3)25-19-11-12-20(15(2)13-19)22-21(23)17(4)24-14-18-9-7-6-8-10-18/h6-13,16-17H,5,14H2,1-4H3,(H,22,23). The van der Waals surface area contributed by atoms with E-state index in [0.29, 0.717) is 11.9 Å². The van der Waals surface area contributed by atoms with Crippen LogP contribution in [0.3, 0.4) is 0 Å². The second kappa shape index (κ2) is 9.64. The molecule has 25 heavy (non-hydrogen) atoms. The van der Waals surface area contributed by atoms with E-state index in [1.54, 1.807) is 6.92 Å². The van der Waals surface area contributed by atoms with Crippen LogP contribution in [0.1, 0.15) is 38.3 Å². The van der Waals surface area contributed by atoms with Crippen LogP contribution >= 0.6 is 11.8 Å². The van der Waals surface area contributed by atoms with Gasteiger partial charge in [0.1, 0.15) is 6.10 Å². The average molecular weight is 358 g/mol. The van der Waals surface area contributed by atoms with Crippen LogP contribution in [-0.2, 0) is 16.1 Å². The van der Waals surface area contributed by atoms with Gasteiger partial charge >= 0.3 is 0 Å². The molecule has 0 bridgehead atoms. The summed E-state index contributed by atoms with van der Waals surface area (Å²) in [4.78, 5) is 13.6. The van der Waals surface area contributed by atoms with Gasteiger partial charge in [0.25, 0.3) is 5.91 Å². The van der Waals surface area contributed by atoms with Crippen molar-refractivity contribution in [1.29, 1.82) is 0 Å². The lowest BCUT2D eigenvalue weighted by molar-refractivity contribution is -0.127. The molecule has 0 spiro atoms. The third-order valence-corrected chi connectivity index (χ3v) is 5.34. The minimum absolute atomic E-state index is 0.124. The molecular weight excluding hydrogens is 330 g/mol. The van der Waals surface area contributed by atoms with Crippen LogP contribution in [-0.4, -0.2) is 17.3 Å². The fourth-order valence-electron chi connectivity index (χ4n) is 2.27. The molecule has 0 fully saturated rings. The minimum atomic E-state index is -0.506. The van der Waals surface area contributed by atoms with Gasteiger partial charge in [-0.25, -0.2) is 0 Å². The Kier molecular flexibility index (Phi) is 7.53. The zero-order valence-corrected chi connectivity index (χ0v) is 16.2. The van der Waals surface area contributed by atoms with E-state index in [0.717, 1.165) is 23.2 Å². The van der Waals surface area contributed by atoms with Gasteiger partial charge < -0.3 is 10.1 Å². The van der Waals surface area contributed by atoms with Gasteiger partial charge in [0.05, 0.1) is 6.61 Å². The van der Waals surface area contributed by atoms with Crippen molar-refractivity contribution in [2.75, 3.05) is 5.32 Å². The number of benzene rings is 2. The van der Waals surface area contributed by atoms with Gasteiger partial charge in [-0.3, -0.25) is 4.79 Å². The van der Waals surface area contributed by atoms with Crippen LogP contribution < -0.4 is 5.32 Å². The second-order valence-electron chi connectivity index (χ2n) is 6.24. The summed E-state index contributed by atoms with van der Waals surface area (Å²) in [5.74, 6) is -0.124. The summed E-state index contributed by atoms with van der Waals surface area (Å²) in [6, 6.07) is 16.0. The molecule has 4 heteroatoms. The number of carbonyl (C=O) groups is 1. The predicted molar refractivity (Wildman–Crippen MR) is 106 cm³/mol. The number of ether oxygens (including phenoxy) is 1. The summed E-state index contributed by atoms with van der Waals surface area (Å²) < 4.78 is 5.68. The number of amides is 1. The smallest absolute Gasteiger partial charge is 0.253 e. The Hall–Kier alpha value is -1.78. The highest BCUT2D eigenvalue weighted by atomic mass is 32.2. The molecule has 134 valence electrons. The van der Waals surface area contributed by atoms with Gasteiger partial charge in [0.15, 0.2) is 0 Å². The highest BCUT2D eigenvalue weighted by Gasteiger charge is 2.15. The number of hydrogen-bond donors (Lipinski definition) is 1. The Labute approximate surface area is 155 Å². The van der Waals surface area contributed by atoms with Crippen molar-refractivity contribution in [3.05, 3.63) is 59.7 Å². The van der Waals surface area contributed by atoms with Crippen molar-refractivity contribution in [2.24, 2.45) is 0 Å². The number of thioether (sulfide) groups is 1. The Morgan fingerprint density at radius 1 is 1.16 bits per heavy atom. The maximum absolute atomic E-state index is 12.4. The Morgan fingerprint density at radius 3 is 2.52 bits per heavy atom. The van der Waals surface area contributed by atoms with Crippen molar-refractivity contribution < 1.29 is 9.53 Å².